The zero-order valence-corrected chi connectivity index (χ0v) is 11.7. The summed E-state index contributed by atoms with van der Waals surface area (Å²) in [5.41, 5.74) is 6.61. The molecule has 0 amide bonds. The number of nitrogens with one attached hydrogen (secondary N) is 1. The van der Waals surface area contributed by atoms with E-state index in [2.05, 4.69) is 9.97 Å². The van der Waals surface area contributed by atoms with Crippen molar-refractivity contribution in [3.05, 3.63) is 28.6 Å². The molecule has 1 aromatic carbocycles. The zero-order valence-electron chi connectivity index (χ0n) is 11.7. The Balaban J connectivity index is 2.04. The molecule has 1 fully saturated rings. The molecule has 1 aliphatic rings. The van der Waals surface area contributed by atoms with Gasteiger partial charge in [-0.15, -0.1) is 0 Å². The van der Waals surface area contributed by atoms with Gasteiger partial charge in [-0.2, -0.15) is 0 Å². The van der Waals surface area contributed by atoms with Gasteiger partial charge in [-0.25, -0.2) is 4.98 Å². The lowest BCUT2D eigenvalue weighted by molar-refractivity contribution is -0.0108. The normalized spacial score (nSPS) is 22.7. The van der Waals surface area contributed by atoms with E-state index in [1.807, 2.05) is 11.8 Å². The van der Waals surface area contributed by atoms with Gasteiger partial charge in [0.25, 0.3) is 5.56 Å². The molecule has 21 heavy (non-hydrogen) atoms. The Bertz CT molecular complexity index is 715. The second-order valence-corrected chi connectivity index (χ2v) is 5.31. The van der Waals surface area contributed by atoms with Gasteiger partial charge in [-0.3, -0.25) is 9.78 Å². The van der Waals surface area contributed by atoms with Crippen LogP contribution in [0.5, 0.6) is 0 Å². The first-order valence-electron chi connectivity index (χ1n) is 6.87. The molecule has 0 saturated carbocycles. The number of aromatic amines is 1. The molecule has 2 aromatic rings. The van der Waals surface area contributed by atoms with Crippen LogP contribution in [-0.4, -0.2) is 47.0 Å². The lowest BCUT2D eigenvalue weighted by atomic mass is 10.2. The van der Waals surface area contributed by atoms with Gasteiger partial charge in [-0.1, -0.05) is 0 Å². The first-order valence-corrected chi connectivity index (χ1v) is 6.87. The number of morpholine rings is 1. The van der Waals surface area contributed by atoms with Gasteiger partial charge in [-0.05, 0) is 25.1 Å². The number of benzene rings is 1. The highest BCUT2D eigenvalue weighted by atomic mass is 16.5. The lowest BCUT2D eigenvalue weighted by Crippen LogP contribution is -2.50. The van der Waals surface area contributed by atoms with Crippen LogP contribution in [0, 0.1) is 0 Å². The fourth-order valence-electron chi connectivity index (χ4n) is 2.50. The van der Waals surface area contributed by atoms with Gasteiger partial charge in [0, 0.05) is 12.2 Å². The van der Waals surface area contributed by atoms with Gasteiger partial charge in [0.1, 0.15) is 0 Å². The summed E-state index contributed by atoms with van der Waals surface area (Å²) in [5.74, 6) is 0.492. The minimum Gasteiger partial charge on any atom is -0.399 e. The smallest absolute Gasteiger partial charge is 0.260 e. The number of aromatic nitrogens is 2. The topological polar surface area (TPSA) is 104 Å². The Hall–Kier alpha value is -2.12. The predicted molar refractivity (Wildman–Crippen MR) is 80.4 cm³/mol. The van der Waals surface area contributed by atoms with Crippen molar-refractivity contribution in [3.8, 4) is 0 Å². The highest BCUT2D eigenvalue weighted by Crippen LogP contribution is 2.19. The summed E-state index contributed by atoms with van der Waals surface area (Å²) < 4.78 is 5.50. The van der Waals surface area contributed by atoms with E-state index in [1.54, 1.807) is 18.2 Å². The first-order chi connectivity index (χ1) is 10.1. The molecule has 2 heterocycles. The fraction of sp³-hybridized carbons (Fsp3) is 0.429. The lowest BCUT2D eigenvalue weighted by Gasteiger charge is -2.37. The van der Waals surface area contributed by atoms with E-state index in [1.165, 1.54) is 0 Å². The summed E-state index contributed by atoms with van der Waals surface area (Å²) in [5, 5.41) is 9.71. The maximum Gasteiger partial charge on any atom is 0.260 e. The minimum atomic E-state index is -0.270. The largest absolute Gasteiger partial charge is 0.399 e. The fourth-order valence-corrected chi connectivity index (χ4v) is 2.50. The van der Waals surface area contributed by atoms with Crippen LogP contribution in [0.4, 0.5) is 11.6 Å². The molecule has 0 aliphatic carbocycles. The van der Waals surface area contributed by atoms with Crippen molar-refractivity contribution in [2.24, 2.45) is 0 Å². The zero-order chi connectivity index (χ0) is 15.0. The van der Waals surface area contributed by atoms with E-state index in [9.17, 15) is 9.90 Å². The third-order valence-electron chi connectivity index (χ3n) is 3.70. The van der Waals surface area contributed by atoms with Crippen LogP contribution in [0.25, 0.3) is 10.9 Å². The number of nitrogens with two attached hydrogens (primary N) is 1. The molecule has 3 rings (SSSR count). The number of nitrogens with zero attached hydrogens (tertiary/aromatic N) is 2. The third kappa shape index (κ3) is 2.57. The number of H-pyrrole nitrogens is 1. The number of nitrogen functional groups attached to an aromatic ring is 1. The number of hydrogen-bond donors (Lipinski definition) is 3. The molecule has 0 spiro atoms. The average molecular weight is 290 g/mol. The third-order valence-corrected chi connectivity index (χ3v) is 3.70. The second-order valence-electron chi connectivity index (χ2n) is 5.31. The molecular formula is C14H18N4O3. The molecule has 7 heteroatoms. The quantitative estimate of drug-likeness (QED) is 0.677. The number of aliphatic hydroxyl groups is 1. The number of aliphatic hydroxyl groups excluding tert-OH is 1. The van der Waals surface area contributed by atoms with Gasteiger partial charge in [0.2, 0.25) is 5.95 Å². The molecule has 112 valence electrons. The van der Waals surface area contributed by atoms with Crippen molar-refractivity contribution in [2.45, 2.75) is 19.1 Å². The summed E-state index contributed by atoms with van der Waals surface area (Å²) in [6, 6.07) is 5.14. The molecule has 7 nitrogen and oxygen atoms in total. The van der Waals surface area contributed by atoms with E-state index in [-0.39, 0.29) is 24.3 Å². The van der Waals surface area contributed by atoms with Gasteiger partial charge < -0.3 is 20.5 Å². The van der Waals surface area contributed by atoms with Gasteiger partial charge in [0.05, 0.1) is 36.3 Å². The molecule has 0 bridgehead atoms. The maximum absolute atomic E-state index is 12.2. The number of rotatable bonds is 2. The van der Waals surface area contributed by atoms with E-state index in [0.717, 1.165) is 0 Å². The van der Waals surface area contributed by atoms with Crippen molar-refractivity contribution in [1.29, 1.82) is 0 Å². The maximum atomic E-state index is 12.2. The highest BCUT2D eigenvalue weighted by molar-refractivity contribution is 5.81. The van der Waals surface area contributed by atoms with Crippen molar-refractivity contribution < 1.29 is 9.84 Å². The molecule has 2 unspecified atom stereocenters. The van der Waals surface area contributed by atoms with Crippen molar-refractivity contribution in [2.75, 3.05) is 30.4 Å². The average Bonchev–Trinajstić information content (AvgIpc) is 2.48. The van der Waals surface area contributed by atoms with E-state index >= 15 is 0 Å². The number of ether oxygens (including phenoxy) is 1. The van der Waals surface area contributed by atoms with E-state index in [0.29, 0.717) is 35.7 Å². The Labute approximate surface area is 121 Å². The van der Waals surface area contributed by atoms with Crippen molar-refractivity contribution in [1.82, 2.24) is 9.97 Å². The van der Waals surface area contributed by atoms with Crippen LogP contribution in [0.3, 0.4) is 0 Å². The number of hydrogen-bond acceptors (Lipinski definition) is 6. The van der Waals surface area contributed by atoms with E-state index < -0.39 is 0 Å². The monoisotopic (exact) mass is 290 g/mol. The number of anilines is 2. The van der Waals surface area contributed by atoms with Crippen LogP contribution in [0.15, 0.2) is 23.0 Å². The van der Waals surface area contributed by atoms with E-state index in [4.69, 9.17) is 10.5 Å². The molecule has 4 N–H and O–H groups in total. The highest BCUT2D eigenvalue weighted by Gasteiger charge is 2.27. The molecular weight excluding hydrogens is 272 g/mol. The summed E-state index contributed by atoms with van der Waals surface area (Å²) in [6.45, 7) is 2.90. The molecule has 1 aliphatic heterocycles. The van der Waals surface area contributed by atoms with Gasteiger partial charge >= 0.3 is 0 Å². The van der Waals surface area contributed by atoms with Crippen molar-refractivity contribution in [3.63, 3.8) is 0 Å². The summed E-state index contributed by atoms with van der Waals surface area (Å²) >= 11 is 0. The van der Waals surface area contributed by atoms with Crippen molar-refractivity contribution >= 4 is 22.5 Å². The Morgan fingerprint density at radius 1 is 1.57 bits per heavy atom. The SMILES string of the molecule is CC1COC(CO)CN1c1nc2ccc(N)cc2c(=O)[nH]1. The van der Waals surface area contributed by atoms with Crippen LogP contribution >= 0.6 is 0 Å². The first kappa shape index (κ1) is 13.8. The second kappa shape index (κ2) is 5.34. The molecule has 0 radical (unpaired) electrons. The standard InChI is InChI=1S/C14H18N4O3/c1-8-7-21-10(6-19)5-18(8)14-16-12-3-2-9(15)4-11(12)13(20)17-14/h2-4,8,10,19H,5-7,15H2,1H3,(H,16,17,20). The van der Waals surface area contributed by atoms with Crippen LogP contribution in [-0.2, 0) is 4.74 Å². The Kier molecular flexibility index (Phi) is 3.52. The van der Waals surface area contributed by atoms with Crippen LogP contribution in [0.2, 0.25) is 0 Å². The van der Waals surface area contributed by atoms with Gasteiger partial charge in [0.15, 0.2) is 0 Å². The Morgan fingerprint density at radius 2 is 2.38 bits per heavy atom. The van der Waals surface area contributed by atoms with Crippen LogP contribution < -0.4 is 16.2 Å². The minimum absolute atomic E-state index is 0.0580. The Morgan fingerprint density at radius 3 is 3.14 bits per heavy atom. The summed E-state index contributed by atoms with van der Waals surface area (Å²) in [6.07, 6.45) is -0.270. The van der Waals surface area contributed by atoms with Crippen LogP contribution in [0.1, 0.15) is 6.92 Å². The summed E-state index contributed by atoms with van der Waals surface area (Å²) in [7, 11) is 0. The molecule has 2 atom stereocenters. The summed E-state index contributed by atoms with van der Waals surface area (Å²) in [4.78, 5) is 21.4. The number of fused-ring (bicyclic) bond motifs is 1. The predicted octanol–water partition coefficient (Wildman–Crippen LogP) is 0.0913. The molecule has 1 saturated heterocycles. The molecule has 1 aromatic heterocycles.